The lowest BCUT2D eigenvalue weighted by molar-refractivity contribution is -0.0368. The van der Waals surface area contributed by atoms with Gasteiger partial charge in [-0.1, -0.05) is 20.6 Å². The zero-order chi connectivity index (χ0) is 8.41. The van der Waals surface area contributed by atoms with Crippen LogP contribution in [0, 0.1) is 0 Å². The molecule has 0 aromatic carbocycles. The summed E-state index contributed by atoms with van der Waals surface area (Å²) < 4.78 is 66.4. The molecular weight excluding hydrogens is 202 g/mol. The minimum atomic E-state index is -4.75. The lowest BCUT2D eigenvalue weighted by atomic mass is 11.6. The second-order valence-corrected chi connectivity index (χ2v) is 3.75. The molecule has 0 amide bonds. The van der Waals surface area contributed by atoms with Crippen LogP contribution in [0.1, 0.15) is 0 Å². The molecule has 0 fully saturated rings. The second-order valence-electron chi connectivity index (χ2n) is 1.14. The Morgan fingerprint density at radius 1 is 0.600 bits per heavy atom. The maximum Gasteiger partial charge on any atom is 0.438 e. The predicted octanol–water partition coefficient (Wildman–Crippen LogP) is 1.57. The molecule has 0 radical (unpaired) electrons. The van der Waals surface area contributed by atoms with Crippen LogP contribution in [0.4, 0.5) is 26.3 Å². The molecule has 0 heterocycles. The monoisotopic (exact) mass is 204 g/mol. The largest absolute Gasteiger partial charge is 0.438 e. The van der Waals surface area contributed by atoms with Gasteiger partial charge in [-0.2, -0.15) is 26.3 Å². The number of hydrogen-bond donors (Lipinski definition) is 2. The van der Waals surface area contributed by atoms with Crippen LogP contribution in [-0.4, -0.2) is 11.0 Å². The van der Waals surface area contributed by atoms with Gasteiger partial charge in [-0.25, -0.2) is 0 Å². The molecule has 0 N–H and O–H groups in total. The molecule has 0 saturated carbocycles. The highest BCUT2D eigenvalue weighted by Crippen LogP contribution is 2.19. The van der Waals surface area contributed by atoms with E-state index in [-0.39, 0.29) is 0 Å². The molecule has 0 rings (SSSR count). The second kappa shape index (κ2) is 3.12. The third-order valence-corrected chi connectivity index (χ3v) is 2.49. The molecule has 0 atom stereocenters. The molecule has 64 valence electrons. The van der Waals surface area contributed by atoms with Crippen molar-refractivity contribution >= 4 is 20.6 Å². The van der Waals surface area contributed by atoms with Crippen molar-refractivity contribution in [3.63, 3.8) is 0 Å². The quantitative estimate of drug-likeness (QED) is 0.434. The minimum absolute atomic E-state index is 1.59. The summed E-state index contributed by atoms with van der Waals surface area (Å²) in [5.41, 5.74) is -9.51. The van der Waals surface area contributed by atoms with Crippen molar-refractivity contribution in [3.05, 3.63) is 0 Å². The summed E-state index contributed by atoms with van der Waals surface area (Å²) in [7, 11) is -3.17. The molecule has 0 unspecified atom stereocenters. The lowest BCUT2D eigenvalue weighted by Gasteiger charge is -2.00. The Kier molecular flexibility index (Phi) is 3.21. The van der Waals surface area contributed by atoms with Crippen molar-refractivity contribution in [1.82, 2.24) is 0 Å². The van der Waals surface area contributed by atoms with Gasteiger partial charge in [-0.3, -0.25) is 0 Å². The molecule has 0 bridgehead atoms. The summed E-state index contributed by atoms with van der Waals surface area (Å²) in [6.07, 6.45) is 0. The topological polar surface area (TPSA) is 0 Å². The molecule has 0 spiro atoms. The van der Waals surface area contributed by atoms with Gasteiger partial charge in [0.25, 0.3) is 0 Å². The van der Waals surface area contributed by atoms with E-state index in [4.69, 9.17) is 0 Å². The number of alkyl halides is 6. The van der Waals surface area contributed by atoms with Crippen LogP contribution in [0.25, 0.3) is 0 Å². The molecule has 10 heavy (non-hydrogen) atoms. The van der Waals surface area contributed by atoms with E-state index >= 15 is 0 Å². The molecule has 0 saturated heterocycles. The van der Waals surface area contributed by atoms with Gasteiger partial charge < -0.3 is 0 Å². The van der Waals surface area contributed by atoms with E-state index in [1.54, 1.807) is 0 Å². The van der Waals surface area contributed by atoms with Gasteiger partial charge in [0.05, 0.1) is 0 Å². The maximum atomic E-state index is 11.1. The van der Waals surface area contributed by atoms with Crippen LogP contribution < -0.4 is 0 Å². The van der Waals surface area contributed by atoms with Crippen molar-refractivity contribution in [2.45, 2.75) is 11.0 Å². The van der Waals surface area contributed by atoms with Crippen LogP contribution in [0.2, 0.25) is 0 Å². The van der Waals surface area contributed by atoms with Crippen LogP contribution in [-0.2, 0) is 20.6 Å². The molecule has 0 aliphatic heterocycles. The Hall–Kier alpha value is 0.280. The predicted molar refractivity (Wildman–Crippen MR) is 29.6 cm³/mol. The summed E-state index contributed by atoms with van der Waals surface area (Å²) in [5.74, 6) is 0. The Morgan fingerprint density at radius 3 is 0.900 bits per heavy atom. The number of rotatable bonds is 0. The van der Waals surface area contributed by atoms with Gasteiger partial charge in [-0.05, 0) is 0 Å². The van der Waals surface area contributed by atoms with E-state index in [0.29, 0.717) is 0 Å². The highest BCUT2D eigenvalue weighted by atomic mass is 32.8. The van der Waals surface area contributed by atoms with Crippen molar-refractivity contribution in [3.8, 4) is 0 Å². The summed E-state index contributed by atoms with van der Waals surface area (Å²) in [6.45, 7) is 0. The summed E-state index contributed by atoms with van der Waals surface area (Å²) in [4.78, 5) is 0. The van der Waals surface area contributed by atoms with Crippen LogP contribution in [0.3, 0.4) is 0 Å². The highest BCUT2D eigenvalue weighted by Gasteiger charge is 2.28. The van der Waals surface area contributed by atoms with E-state index in [0.717, 1.165) is 0 Å². The number of thiol groups is 2. The SMILES string of the molecule is FC(F)(F)[SH]=[SH]C(F)(F)F. The fourth-order valence-electron chi connectivity index (χ4n) is 0.113. The molecule has 8 heteroatoms. The van der Waals surface area contributed by atoms with Gasteiger partial charge in [-0.15, -0.1) is 0 Å². The molecule has 0 aliphatic carbocycles. The van der Waals surface area contributed by atoms with Gasteiger partial charge in [0.2, 0.25) is 0 Å². The first-order valence-corrected chi connectivity index (χ1v) is 4.28. The normalized spacial score (nSPS) is 16.2. The molecule has 0 aromatic heterocycles. The molecular formula is C2H2F6S2. The maximum absolute atomic E-state index is 11.1. The van der Waals surface area contributed by atoms with E-state index in [1.807, 2.05) is 0 Å². The van der Waals surface area contributed by atoms with E-state index < -0.39 is 31.7 Å². The van der Waals surface area contributed by atoms with Crippen LogP contribution in [0.5, 0.6) is 0 Å². The van der Waals surface area contributed by atoms with Crippen LogP contribution in [0.15, 0.2) is 0 Å². The van der Waals surface area contributed by atoms with E-state index in [1.165, 1.54) is 0 Å². The van der Waals surface area contributed by atoms with Gasteiger partial charge in [0.15, 0.2) is 0 Å². The smallest absolute Gasteiger partial charge is 0.161 e. The summed E-state index contributed by atoms with van der Waals surface area (Å²) in [5, 5.41) is 0. The third kappa shape index (κ3) is 8.28. The highest BCUT2D eigenvalue weighted by molar-refractivity contribution is 8.27. The summed E-state index contributed by atoms with van der Waals surface area (Å²) >= 11 is 0. The Morgan fingerprint density at radius 2 is 0.800 bits per heavy atom. The van der Waals surface area contributed by atoms with E-state index in [9.17, 15) is 26.3 Å². The first-order chi connectivity index (χ1) is 4.21. The number of halogens is 6. The third-order valence-electron chi connectivity index (χ3n) is 0.277. The average Bonchev–Trinajstić information content (AvgIpc) is 1.57. The Bertz CT molecular complexity index is 114. The minimum Gasteiger partial charge on any atom is -0.161 e. The fourth-order valence-corrected chi connectivity index (χ4v) is 1.02. The summed E-state index contributed by atoms with van der Waals surface area (Å²) in [6, 6.07) is 0. The van der Waals surface area contributed by atoms with Crippen molar-refractivity contribution in [2.24, 2.45) is 0 Å². The Labute approximate surface area is 58.8 Å². The zero-order valence-corrected chi connectivity index (χ0v) is 5.95. The zero-order valence-electron chi connectivity index (χ0n) is 4.16. The molecule has 0 aromatic rings. The Balaban J connectivity index is 4.01. The average molecular weight is 204 g/mol. The van der Waals surface area contributed by atoms with Crippen molar-refractivity contribution in [1.29, 1.82) is 0 Å². The van der Waals surface area contributed by atoms with Crippen molar-refractivity contribution in [2.75, 3.05) is 0 Å². The van der Waals surface area contributed by atoms with Gasteiger partial charge in [0, 0.05) is 0 Å². The van der Waals surface area contributed by atoms with Crippen molar-refractivity contribution < 1.29 is 26.3 Å². The molecule has 0 nitrogen and oxygen atoms in total. The van der Waals surface area contributed by atoms with Crippen LogP contribution >= 0.6 is 0 Å². The molecule has 0 aliphatic rings. The standard InChI is InChI=1S/C2H2F6S2/c3-1(4,5)9-10-2(6,7)8/h9-10H. The first-order valence-electron chi connectivity index (χ1n) is 1.78. The van der Waals surface area contributed by atoms with Gasteiger partial charge in [0.1, 0.15) is 0 Å². The first kappa shape index (κ1) is 10.3. The number of hydrogen-bond acceptors (Lipinski definition) is 0. The lowest BCUT2D eigenvalue weighted by Crippen LogP contribution is -2.11. The van der Waals surface area contributed by atoms with E-state index in [2.05, 4.69) is 0 Å². The fraction of sp³-hybridized carbons (Fsp3) is 1.00. The van der Waals surface area contributed by atoms with Gasteiger partial charge >= 0.3 is 11.0 Å².